The Balaban J connectivity index is 2.16. The lowest BCUT2D eigenvalue weighted by molar-refractivity contribution is -0.149. The third-order valence-corrected chi connectivity index (χ3v) is 4.43. The molecule has 114 valence electrons. The molecule has 1 aliphatic carbocycles. The third-order valence-electron chi connectivity index (χ3n) is 4.43. The molecule has 4 nitrogen and oxygen atoms in total. The Bertz CT molecular complexity index is 546. The molecule has 0 saturated heterocycles. The fourth-order valence-corrected chi connectivity index (χ4v) is 3.03. The van der Waals surface area contributed by atoms with Crippen molar-refractivity contribution in [1.29, 1.82) is 0 Å². The molecule has 21 heavy (non-hydrogen) atoms. The summed E-state index contributed by atoms with van der Waals surface area (Å²) in [4.78, 5) is 25.2. The van der Waals surface area contributed by atoms with Crippen molar-refractivity contribution in [2.24, 2.45) is 11.8 Å². The lowest BCUT2D eigenvalue weighted by Crippen LogP contribution is -2.38. The zero-order chi connectivity index (χ0) is 15.6. The zero-order valence-corrected chi connectivity index (χ0v) is 12.3. The summed E-state index contributed by atoms with van der Waals surface area (Å²) in [5.41, 5.74) is 0.443. The van der Waals surface area contributed by atoms with E-state index in [9.17, 15) is 19.1 Å². The average Bonchev–Trinajstić information content (AvgIpc) is 2.95. The number of carboxylic acids is 1. The van der Waals surface area contributed by atoms with E-state index in [1.165, 1.54) is 11.0 Å². The number of hydrogen-bond donors (Lipinski definition) is 1. The third kappa shape index (κ3) is 3.06. The number of hydrogen-bond acceptors (Lipinski definition) is 2. The molecule has 1 aromatic rings. The summed E-state index contributed by atoms with van der Waals surface area (Å²) >= 11 is 0. The maximum Gasteiger partial charge on any atom is 0.307 e. The standard InChI is InChI=1S/C16H20FNO3/c1-10(11-6-3-4-9-14(11)17)18(2)15(19)12-7-5-8-13(12)16(20)21/h3-4,6,9-10,12-13H,5,7-8H2,1-2H3,(H,20,21)/t10?,12-,13+/m1/s1. The number of benzene rings is 1. The Morgan fingerprint density at radius 3 is 2.52 bits per heavy atom. The fourth-order valence-electron chi connectivity index (χ4n) is 3.03. The summed E-state index contributed by atoms with van der Waals surface area (Å²) in [6.45, 7) is 1.75. The minimum atomic E-state index is -0.919. The SMILES string of the molecule is CC(c1ccccc1F)N(C)C(=O)[C@@H]1CCC[C@@H]1C(=O)O. The number of carbonyl (C=O) groups is 2. The van der Waals surface area contributed by atoms with Gasteiger partial charge in [-0.15, -0.1) is 0 Å². The van der Waals surface area contributed by atoms with Crippen LogP contribution in [-0.4, -0.2) is 28.9 Å². The van der Waals surface area contributed by atoms with Gasteiger partial charge in [-0.3, -0.25) is 9.59 Å². The largest absolute Gasteiger partial charge is 0.481 e. The van der Waals surface area contributed by atoms with Crippen LogP contribution in [0.5, 0.6) is 0 Å². The lowest BCUT2D eigenvalue weighted by Gasteiger charge is -2.29. The Labute approximate surface area is 123 Å². The molecule has 1 aromatic carbocycles. The van der Waals surface area contributed by atoms with Crippen molar-refractivity contribution in [2.75, 3.05) is 7.05 Å². The van der Waals surface area contributed by atoms with Crippen LogP contribution in [0.4, 0.5) is 4.39 Å². The molecule has 1 amide bonds. The van der Waals surface area contributed by atoms with Gasteiger partial charge in [0.25, 0.3) is 0 Å². The van der Waals surface area contributed by atoms with Gasteiger partial charge in [-0.1, -0.05) is 24.6 Å². The van der Waals surface area contributed by atoms with E-state index in [1.807, 2.05) is 0 Å². The van der Waals surface area contributed by atoms with E-state index in [4.69, 9.17) is 0 Å². The van der Waals surface area contributed by atoms with Gasteiger partial charge in [0.05, 0.1) is 17.9 Å². The van der Waals surface area contributed by atoms with Crippen LogP contribution in [0, 0.1) is 17.7 Å². The molecule has 1 unspecified atom stereocenters. The van der Waals surface area contributed by atoms with Crippen molar-refractivity contribution < 1.29 is 19.1 Å². The normalized spacial score (nSPS) is 22.8. The van der Waals surface area contributed by atoms with Crippen LogP contribution in [0.15, 0.2) is 24.3 Å². The maximum absolute atomic E-state index is 13.8. The minimum absolute atomic E-state index is 0.212. The van der Waals surface area contributed by atoms with Gasteiger partial charge in [0, 0.05) is 12.6 Å². The highest BCUT2D eigenvalue weighted by molar-refractivity contribution is 5.85. The van der Waals surface area contributed by atoms with Crippen LogP contribution in [0.2, 0.25) is 0 Å². The van der Waals surface area contributed by atoms with E-state index in [2.05, 4.69) is 0 Å². The van der Waals surface area contributed by atoms with E-state index in [0.717, 1.165) is 6.42 Å². The van der Waals surface area contributed by atoms with Crippen LogP contribution in [0.3, 0.4) is 0 Å². The summed E-state index contributed by atoms with van der Waals surface area (Å²) in [6, 6.07) is 5.91. The van der Waals surface area contributed by atoms with Crippen molar-refractivity contribution >= 4 is 11.9 Å². The van der Waals surface area contributed by atoms with Crippen LogP contribution in [0.1, 0.15) is 37.8 Å². The molecule has 0 bridgehead atoms. The van der Waals surface area contributed by atoms with Gasteiger partial charge >= 0.3 is 5.97 Å². The molecule has 1 fully saturated rings. The maximum atomic E-state index is 13.8. The van der Waals surface area contributed by atoms with E-state index >= 15 is 0 Å². The first-order chi connectivity index (χ1) is 9.93. The molecule has 0 heterocycles. The van der Waals surface area contributed by atoms with E-state index in [0.29, 0.717) is 18.4 Å². The zero-order valence-electron chi connectivity index (χ0n) is 12.3. The summed E-state index contributed by atoms with van der Waals surface area (Å²) in [7, 11) is 1.61. The lowest BCUT2D eigenvalue weighted by atomic mass is 9.94. The quantitative estimate of drug-likeness (QED) is 0.928. The fraction of sp³-hybridized carbons (Fsp3) is 0.500. The summed E-state index contributed by atoms with van der Waals surface area (Å²) in [6.07, 6.45) is 1.87. The number of aliphatic carboxylic acids is 1. The summed E-state index contributed by atoms with van der Waals surface area (Å²) in [5.74, 6) is -2.60. The van der Waals surface area contributed by atoms with Crippen molar-refractivity contribution in [2.45, 2.75) is 32.2 Å². The second kappa shape index (κ2) is 6.24. The van der Waals surface area contributed by atoms with Crippen LogP contribution in [-0.2, 0) is 9.59 Å². The molecule has 0 spiro atoms. The Kier molecular flexibility index (Phi) is 4.60. The topological polar surface area (TPSA) is 57.6 Å². The monoisotopic (exact) mass is 293 g/mol. The first-order valence-electron chi connectivity index (χ1n) is 7.17. The molecule has 3 atom stereocenters. The number of carbonyl (C=O) groups excluding carboxylic acids is 1. The summed E-state index contributed by atoms with van der Waals surface area (Å²) < 4.78 is 13.8. The van der Waals surface area contributed by atoms with Gasteiger partial charge in [-0.25, -0.2) is 4.39 Å². The second-order valence-corrected chi connectivity index (χ2v) is 5.63. The molecular weight excluding hydrogens is 273 g/mol. The molecule has 2 rings (SSSR count). The molecule has 1 N–H and O–H groups in total. The molecule has 1 saturated carbocycles. The number of rotatable bonds is 4. The van der Waals surface area contributed by atoms with Gasteiger partial charge in [0.15, 0.2) is 0 Å². The Morgan fingerprint density at radius 1 is 1.29 bits per heavy atom. The Hall–Kier alpha value is -1.91. The average molecular weight is 293 g/mol. The van der Waals surface area contributed by atoms with E-state index in [-0.39, 0.29) is 11.7 Å². The van der Waals surface area contributed by atoms with Gasteiger partial charge in [0.2, 0.25) is 5.91 Å². The first kappa shape index (κ1) is 15.5. The first-order valence-corrected chi connectivity index (χ1v) is 7.17. The van der Waals surface area contributed by atoms with E-state index in [1.54, 1.807) is 32.2 Å². The van der Waals surface area contributed by atoms with Crippen molar-refractivity contribution in [3.8, 4) is 0 Å². The molecule has 1 aliphatic rings. The van der Waals surface area contributed by atoms with Gasteiger partial charge in [-0.2, -0.15) is 0 Å². The molecular formula is C16H20FNO3. The van der Waals surface area contributed by atoms with Crippen molar-refractivity contribution in [1.82, 2.24) is 4.90 Å². The van der Waals surface area contributed by atoms with Crippen LogP contribution in [0.25, 0.3) is 0 Å². The highest BCUT2D eigenvalue weighted by atomic mass is 19.1. The minimum Gasteiger partial charge on any atom is -0.481 e. The van der Waals surface area contributed by atoms with Gasteiger partial charge < -0.3 is 10.0 Å². The van der Waals surface area contributed by atoms with Crippen LogP contribution >= 0.6 is 0 Å². The van der Waals surface area contributed by atoms with Crippen molar-refractivity contribution in [3.63, 3.8) is 0 Å². The predicted octanol–water partition coefficient (Wildman–Crippen LogP) is 2.85. The van der Waals surface area contributed by atoms with Crippen molar-refractivity contribution in [3.05, 3.63) is 35.6 Å². The number of halogens is 1. The Morgan fingerprint density at radius 2 is 1.90 bits per heavy atom. The highest BCUT2D eigenvalue weighted by Crippen LogP contribution is 2.35. The molecule has 0 aromatic heterocycles. The molecule has 0 aliphatic heterocycles. The molecule has 5 heteroatoms. The van der Waals surface area contributed by atoms with Gasteiger partial charge in [0.1, 0.15) is 5.82 Å². The summed E-state index contributed by atoms with van der Waals surface area (Å²) in [5, 5.41) is 9.18. The number of nitrogens with zero attached hydrogens (tertiary/aromatic N) is 1. The smallest absolute Gasteiger partial charge is 0.307 e. The van der Waals surface area contributed by atoms with Crippen LogP contribution < -0.4 is 0 Å². The second-order valence-electron chi connectivity index (χ2n) is 5.63. The predicted molar refractivity (Wildman–Crippen MR) is 76.1 cm³/mol. The molecule has 0 radical (unpaired) electrons. The van der Waals surface area contributed by atoms with E-state index < -0.39 is 23.8 Å². The highest BCUT2D eigenvalue weighted by Gasteiger charge is 2.40. The number of amides is 1. The van der Waals surface area contributed by atoms with Gasteiger partial charge in [-0.05, 0) is 25.8 Å². The number of carboxylic acid groups (broad SMARTS) is 1.